The van der Waals surface area contributed by atoms with E-state index in [1.54, 1.807) is 6.92 Å². The second-order valence-corrected chi connectivity index (χ2v) is 3.69. The van der Waals surface area contributed by atoms with Gasteiger partial charge in [0.05, 0.1) is 0 Å². The van der Waals surface area contributed by atoms with Gasteiger partial charge in [0.2, 0.25) is 5.12 Å². The predicted octanol–water partition coefficient (Wildman–Crippen LogP) is 3.01. The van der Waals surface area contributed by atoms with Crippen molar-refractivity contribution < 1.29 is 4.79 Å². The Morgan fingerprint density at radius 1 is 1.45 bits per heavy atom. The molecule has 0 aromatic rings. The second kappa shape index (κ2) is 6.47. The van der Waals surface area contributed by atoms with Crippen LogP contribution in [0.3, 0.4) is 0 Å². The molecule has 1 nitrogen and oxygen atoms in total. The van der Waals surface area contributed by atoms with Crippen molar-refractivity contribution in [2.45, 2.75) is 33.1 Å². The average molecular weight is 172 g/mol. The van der Waals surface area contributed by atoms with Gasteiger partial charge < -0.3 is 0 Å². The van der Waals surface area contributed by atoms with E-state index in [0.29, 0.717) is 5.57 Å². The van der Waals surface area contributed by atoms with E-state index >= 15 is 0 Å². The third-order valence-corrected chi connectivity index (χ3v) is 2.43. The maximum Gasteiger partial charge on any atom is 0.214 e. The third-order valence-electron chi connectivity index (χ3n) is 1.33. The van der Waals surface area contributed by atoms with E-state index in [4.69, 9.17) is 0 Å². The number of rotatable bonds is 5. The summed E-state index contributed by atoms with van der Waals surface area (Å²) in [5, 5.41) is 0.140. The molecule has 64 valence electrons. The summed E-state index contributed by atoms with van der Waals surface area (Å²) in [6.45, 7) is 7.50. The first kappa shape index (κ1) is 10.8. The molecule has 0 rings (SSSR count). The topological polar surface area (TPSA) is 17.1 Å². The van der Waals surface area contributed by atoms with Gasteiger partial charge in [0.25, 0.3) is 0 Å². The number of thioether (sulfide) groups is 1. The van der Waals surface area contributed by atoms with E-state index < -0.39 is 0 Å². The fourth-order valence-corrected chi connectivity index (χ4v) is 1.42. The summed E-state index contributed by atoms with van der Waals surface area (Å²) in [6.07, 6.45) is 3.57. The number of unbranched alkanes of at least 4 members (excludes halogenated alkanes) is 2. The number of hydrogen-bond acceptors (Lipinski definition) is 2. The van der Waals surface area contributed by atoms with E-state index in [1.807, 2.05) is 0 Å². The van der Waals surface area contributed by atoms with Crippen LogP contribution in [0, 0.1) is 0 Å². The molecule has 0 N–H and O–H groups in total. The van der Waals surface area contributed by atoms with Gasteiger partial charge in [0.1, 0.15) is 0 Å². The van der Waals surface area contributed by atoms with Gasteiger partial charge in [-0.1, -0.05) is 38.1 Å². The van der Waals surface area contributed by atoms with Crippen molar-refractivity contribution in [3.63, 3.8) is 0 Å². The largest absolute Gasteiger partial charge is 0.282 e. The Labute approximate surface area is 73.3 Å². The molecule has 0 fully saturated rings. The molecule has 0 aliphatic rings. The van der Waals surface area contributed by atoms with E-state index in [1.165, 1.54) is 24.6 Å². The molecule has 0 spiro atoms. The summed E-state index contributed by atoms with van der Waals surface area (Å²) < 4.78 is 0. The summed E-state index contributed by atoms with van der Waals surface area (Å²) >= 11 is 1.39. The Bertz CT molecular complexity index is 140. The zero-order valence-electron chi connectivity index (χ0n) is 7.35. The molecule has 0 bridgehead atoms. The lowest BCUT2D eigenvalue weighted by molar-refractivity contribution is -0.107. The van der Waals surface area contributed by atoms with Crippen LogP contribution in [-0.2, 0) is 4.79 Å². The molecule has 0 unspecified atom stereocenters. The summed E-state index contributed by atoms with van der Waals surface area (Å²) in [6, 6.07) is 0. The van der Waals surface area contributed by atoms with Crippen LogP contribution in [0.5, 0.6) is 0 Å². The second-order valence-electron chi connectivity index (χ2n) is 2.62. The molecule has 0 saturated carbocycles. The van der Waals surface area contributed by atoms with Crippen LogP contribution in [-0.4, -0.2) is 10.9 Å². The molecule has 0 heterocycles. The lowest BCUT2D eigenvalue weighted by atomic mass is 10.3. The van der Waals surface area contributed by atoms with Gasteiger partial charge in [-0.3, -0.25) is 4.79 Å². The van der Waals surface area contributed by atoms with Crippen LogP contribution in [0.4, 0.5) is 0 Å². The molecular formula is C9H16OS. The minimum Gasteiger partial charge on any atom is -0.282 e. The van der Waals surface area contributed by atoms with Crippen molar-refractivity contribution in [3.05, 3.63) is 12.2 Å². The minimum atomic E-state index is 0.140. The SMILES string of the molecule is C=C(C)C(=O)SCCCCC. The van der Waals surface area contributed by atoms with Crippen LogP contribution in [0.2, 0.25) is 0 Å². The third kappa shape index (κ3) is 6.17. The average Bonchev–Trinajstić information content (AvgIpc) is 1.97. The van der Waals surface area contributed by atoms with E-state index in [2.05, 4.69) is 13.5 Å². The van der Waals surface area contributed by atoms with Crippen LogP contribution >= 0.6 is 11.8 Å². The van der Waals surface area contributed by atoms with E-state index in [9.17, 15) is 4.79 Å². The van der Waals surface area contributed by atoms with Gasteiger partial charge >= 0.3 is 0 Å². The van der Waals surface area contributed by atoms with Crippen molar-refractivity contribution in [2.75, 3.05) is 5.75 Å². The molecule has 0 amide bonds. The highest BCUT2D eigenvalue weighted by Crippen LogP contribution is 2.11. The lowest BCUT2D eigenvalue weighted by Gasteiger charge is -1.97. The minimum absolute atomic E-state index is 0.140. The first-order valence-corrected chi connectivity index (χ1v) is 4.99. The van der Waals surface area contributed by atoms with Crippen LogP contribution in [0.1, 0.15) is 33.1 Å². The first-order chi connectivity index (χ1) is 5.18. The van der Waals surface area contributed by atoms with Crippen molar-refractivity contribution in [2.24, 2.45) is 0 Å². The van der Waals surface area contributed by atoms with Gasteiger partial charge in [0, 0.05) is 5.75 Å². The van der Waals surface area contributed by atoms with Gasteiger partial charge in [0.15, 0.2) is 0 Å². The predicted molar refractivity (Wildman–Crippen MR) is 51.8 cm³/mol. The standard InChI is InChI=1S/C9H16OS/c1-4-5-6-7-11-9(10)8(2)3/h2,4-7H2,1,3H3. The molecule has 2 heteroatoms. The molecule has 0 radical (unpaired) electrons. The molecule has 0 aromatic carbocycles. The Hall–Kier alpha value is -0.240. The zero-order valence-corrected chi connectivity index (χ0v) is 8.17. The van der Waals surface area contributed by atoms with Crippen LogP contribution in [0.25, 0.3) is 0 Å². The Kier molecular flexibility index (Phi) is 6.33. The highest BCUT2D eigenvalue weighted by molar-refractivity contribution is 8.14. The lowest BCUT2D eigenvalue weighted by Crippen LogP contribution is -1.93. The Balaban J connectivity index is 3.25. The number of carbonyl (C=O) groups excluding carboxylic acids is 1. The molecular weight excluding hydrogens is 156 g/mol. The quantitative estimate of drug-likeness (QED) is 0.468. The highest BCUT2D eigenvalue weighted by atomic mass is 32.2. The van der Waals surface area contributed by atoms with Gasteiger partial charge in [-0.25, -0.2) is 0 Å². The number of hydrogen-bond donors (Lipinski definition) is 0. The van der Waals surface area contributed by atoms with Crippen molar-refractivity contribution >= 4 is 16.9 Å². The van der Waals surface area contributed by atoms with Crippen LogP contribution in [0.15, 0.2) is 12.2 Å². The fraction of sp³-hybridized carbons (Fsp3) is 0.667. The van der Waals surface area contributed by atoms with Gasteiger partial charge in [-0.2, -0.15) is 0 Å². The molecule has 0 saturated heterocycles. The number of carbonyl (C=O) groups is 1. The van der Waals surface area contributed by atoms with Gasteiger partial charge in [-0.15, -0.1) is 0 Å². The molecule has 0 aliphatic heterocycles. The van der Waals surface area contributed by atoms with Crippen LogP contribution < -0.4 is 0 Å². The molecule has 0 aliphatic carbocycles. The highest BCUT2D eigenvalue weighted by Gasteiger charge is 2.00. The smallest absolute Gasteiger partial charge is 0.214 e. The maximum atomic E-state index is 11.0. The van der Waals surface area contributed by atoms with E-state index in [0.717, 1.165) is 12.2 Å². The monoisotopic (exact) mass is 172 g/mol. The first-order valence-electron chi connectivity index (χ1n) is 4.01. The summed E-state index contributed by atoms with van der Waals surface area (Å²) in [4.78, 5) is 11.0. The summed E-state index contributed by atoms with van der Waals surface area (Å²) in [7, 11) is 0. The fourth-order valence-electron chi connectivity index (χ4n) is 0.640. The molecule has 0 aromatic heterocycles. The Morgan fingerprint density at radius 2 is 2.09 bits per heavy atom. The molecule has 0 atom stereocenters. The Morgan fingerprint density at radius 3 is 2.55 bits per heavy atom. The van der Waals surface area contributed by atoms with Crippen molar-refractivity contribution in [3.8, 4) is 0 Å². The maximum absolute atomic E-state index is 11.0. The summed E-state index contributed by atoms with van der Waals surface area (Å²) in [5.41, 5.74) is 0.659. The van der Waals surface area contributed by atoms with Gasteiger partial charge in [-0.05, 0) is 18.9 Å². The van der Waals surface area contributed by atoms with Crippen molar-refractivity contribution in [1.29, 1.82) is 0 Å². The van der Waals surface area contributed by atoms with Crippen molar-refractivity contribution in [1.82, 2.24) is 0 Å². The zero-order chi connectivity index (χ0) is 8.69. The normalized spacial score (nSPS) is 9.64. The summed E-state index contributed by atoms with van der Waals surface area (Å²) in [5.74, 6) is 0.944. The van der Waals surface area contributed by atoms with E-state index in [-0.39, 0.29) is 5.12 Å². The molecule has 11 heavy (non-hydrogen) atoms.